The lowest BCUT2D eigenvalue weighted by atomic mass is 9.48. The van der Waals surface area contributed by atoms with Crippen LogP contribution in [0.25, 0.3) is 20.8 Å². The normalized spacial score (nSPS) is 31.5. The average molecular weight is 374 g/mol. The van der Waals surface area contributed by atoms with E-state index < -0.39 is 0 Å². The second kappa shape index (κ2) is 5.75. The molecule has 4 aliphatic carbocycles. The minimum Gasteiger partial charge on any atom is -0.293 e. The SMILES string of the molecule is O=C(c1cccc2sc(-c3ccccc3)nc12)C12CC3CC(CC(C3)C1)C2. The zero-order valence-corrected chi connectivity index (χ0v) is 16.2. The summed E-state index contributed by atoms with van der Waals surface area (Å²) in [7, 11) is 0. The van der Waals surface area contributed by atoms with Crippen molar-refractivity contribution in [1.82, 2.24) is 4.98 Å². The molecule has 27 heavy (non-hydrogen) atoms. The average Bonchev–Trinajstić information content (AvgIpc) is 3.11. The van der Waals surface area contributed by atoms with Gasteiger partial charge >= 0.3 is 0 Å². The standard InChI is InChI=1S/C24H23NOS/c26-22(24-12-15-9-16(13-24)11-17(10-15)14-24)19-7-4-8-20-21(19)25-23(27-20)18-5-2-1-3-6-18/h1-8,15-17H,9-14H2. The molecule has 3 aromatic rings. The molecule has 1 aromatic heterocycles. The fourth-order valence-electron chi connectivity index (χ4n) is 6.51. The second-order valence-corrected chi connectivity index (χ2v) is 10.1. The highest BCUT2D eigenvalue weighted by molar-refractivity contribution is 7.21. The summed E-state index contributed by atoms with van der Waals surface area (Å²) in [4.78, 5) is 18.8. The number of ketones is 1. The molecule has 0 radical (unpaired) electrons. The zero-order valence-electron chi connectivity index (χ0n) is 15.4. The molecule has 0 atom stereocenters. The van der Waals surface area contributed by atoms with Crippen molar-refractivity contribution in [2.45, 2.75) is 38.5 Å². The van der Waals surface area contributed by atoms with Crippen LogP contribution in [0, 0.1) is 23.2 Å². The molecule has 0 aliphatic heterocycles. The largest absolute Gasteiger partial charge is 0.293 e. The third-order valence-electron chi connectivity index (χ3n) is 7.20. The Morgan fingerprint density at radius 2 is 1.56 bits per heavy atom. The van der Waals surface area contributed by atoms with Gasteiger partial charge in [-0.25, -0.2) is 4.98 Å². The van der Waals surface area contributed by atoms with Crippen LogP contribution in [0.2, 0.25) is 0 Å². The lowest BCUT2D eigenvalue weighted by molar-refractivity contribution is -0.0352. The highest BCUT2D eigenvalue weighted by Crippen LogP contribution is 2.61. The van der Waals surface area contributed by atoms with E-state index in [0.29, 0.717) is 5.78 Å². The Hall–Kier alpha value is -2.00. The van der Waals surface area contributed by atoms with Crippen molar-refractivity contribution in [3.63, 3.8) is 0 Å². The van der Waals surface area contributed by atoms with Crippen LogP contribution in [0.15, 0.2) is 48.5 Å². The maximum absolute atomic E-state index is 13.8. The molecular formula is C24H23NOS. The Morgan fingerprint density at radius 1 is 0.889 bits per heavy atom. The number of carbonyl (C=O) groups is 1. The van der Waals surface area contributed by atoms with Crippen molar-refractivity contribution in [2.24, 2.45) is 23.2 Å². The van der Waals surface area contributed by atoms with Crippen LogP contribution < -0.4 is 0 Å². The van der Waals surface area contributed by atoms with Gasteiger partial charge < -0.3 is 0 Å². The van der Waals surface area contributed by atoms with E-state index in [-0.39, 0.29) is 5.41 Å². The number of rotatable bonds is 3. The monoisotopic (exact) mass is 373 g/mol. The van der Waals surface area contributed by atoms with E-state index in [1.165, 1.54) is 19.3 Å². The fourth-order valence-corrected chi connectivity index (χ4v) is 7.51. The molecule has 2 aromatic carbocycles. The number of hydrogen-bond donors (Lipinski definition) is 0. The molecule has 4 fully saturated rings. The quantitative estimate of drug-likeness (QED) is 0.500. The van der Waals surface area contributed by atoms with Gasteiger partial charge in [0.2, 0.25) is 0 Å². The first-order chi connectivity index (χ1) is 13.2. The minimum atomic E-state index is -0.0977. The van der Waals surface area contributed by atoms with Gasteiger partial charge in [-0.15, -0.1) is 11.3 Å². The molecule has 4 saturated carbocycles. The van der Waals surface area contributed by atoms with Crippen molar-refractivity contribution >= 4 is 27.3 Å². The summed E-state index contributed by atoms with van der Waals surface area (Å²) in [5, 5.41) is 1.01. The van der Waals surface area contributed by atoms with Gasteiger partial charge in [0.05, 0.1) is 10.2 Å². The van der Waals surface area contributed by atoms with Crippen molar-refractivity contribution in [3.8, 4) is 10.6 Å². The number of thiazole rings is 1. The predicted molar refractivity (Wildman–Crippen MR) is 110 cm³/mol. The van der Waals surface area contributed by atoms with Crippen LogP contribution in [0.5, 0.6) is 0 Å². The number of aromatic nitrogens is 1. The zero-order chi connectivity index (χ0) is 18.0. The molecule has 4 aliphatic rings. The molecule has 0 amide bonds. The Morgan fingerprint density at radius 3 is 2.22 bits per heavy atom. The topological polar surface area (TPSA) is 30.0 Å². The van der Waals surface area contributed by atoms with Gasteiger partial charge in [-0.05, 0) is 68.4 Å². The van der Waals surface area contributed by atoms with Gasteiger partial charge in [0.1, 0.15) is 5.01 Å². The lowest BCUT2D eigenvalue weighted by Gasteiger charge is -2.55. The van der Waals surface area contributed by atoms with Crippen LogP contribution in [0.1, 0.15) is 48.9 Å². The summed E-state index contributed by atoms with van der Waals surface area (Å²) >= 11 is 1.70. The number of nitrogens with zero attached hydrogens (tertiary/aromatic N) is 1. The van der Waals surface area contributed by atoms with E-state index in [9.17, 15) is 4.79 Å². The number of benzene rings is 2. The first kappa shape index (κ1) is 16.0. The van der Waals surface area contributed by atoms with E-state index in [0.717, 1.165) is 63.4 Å². The minimum absolute atomic E-state index is 0.0977. The van der Waals surface area contributed by atoms with Gasteiger partial charge in [0.15, 0.2) is 5.78 Å². The van der Waals surface area contributed by atoms with Gasteiger partial charge in [0, 0.05) is 16.5 Å². The Kier molecular flexibility index (Phi) is 3.41. The maximum Gasteiger partial charge on any atom is 0.171 e. The van der Waals surface area contributed by atoms with Gasteiger partial charge in [-0.2, -0.15) is 0 Å². The van der Waals surface area contributed by atoms with Gasteiger partial charge in [-0.1, -0.05) is 36.4 Å². The molecule has 0 spiro atoms. The number of hydrogen-bond acceptors (Lipinski definition) is 3. The van der Waals surface area contributed by atoms with Crippen LogP contribution in [-0.4, -0.2) is 10.8 Å². The molecule has 0 N–H and O–H groups in total. The van der Waals surface area contributed by atoms with Crippen molar-refractivity contribution in [2.75, 3.05) is 0 Å². The second-order valence-electron chi connectivity index (χ2n) is 9.06. The summed E-state index contributed by atoms with van der Waals surface area (Å²) in [6.07, 6.45) is 7.44. The molecule has 1 heterocycles. The van der Waals surface area contributed by atoms with Gasteiger partial charge in [0.25, 0.3) is 0 Å². The van der Waals surface area contributed by atoms with Crippen LogP contribution in [-0.2, 0) is 0 Å². The van der Waals surface area contributed by atoms with E-state index in [1.54, 1.807) is 11.3 Å². The summed E-state index contributed by atoms with van der Waals surface area (Å²) in [5.74, 6) is 2.75. The molecule has 0 unspecified atom stereocenters. The summed E-state index contributed by atoms with van der Waals surface area (Å²) in [6.45, 7) is 0. The van der Waals surface area contributed by atoms with Crippen LogP contribution in [0.3, 0.4) is 0 Å². The third-order valence-corrected chi connectivity index (χ3v) is 8.27. The Balaban J connectivity index is 1.44. The summed E-state index contributed by atoms with van der Waals surface area (Å²) < 4.78 is 1.13. The predicted octanol–water partition coefficient (Wildman–Crippen LogP) is 6.36. The van der Waals surface area contributed by atoms with Crippen LogP contribution >= 0.6 is 11.3 Å². The number of carbonyl (C=O) groups excluding carboxylic acids is 1. The first-order valence-electron chi connectivity index (χ1n) is 10.2. The lowest BCUT2D eigenvalue weighted by Crippen LogP contribution is -2.50. The van der Waals surface area contributed by atoms with Crippen molar-refractivity contribution in [1.29, 1.82) is 0 Å². The summed E-state index contributed by atoms with van der Waals surface area (Å²) in [6, 6.07) is 16.5. The maximum atomic E-state index is 13.8. The molecule has 2 nitrogen and oxygen atoms in total. The van der Waals surface area contributed by atoms with Gasteiger partial charge in [-0.3, -0.25) is 4.79 Å². The highest BCUT2D eigenvalue weighted by Gasteiger charge is 2.54. The van der Waals surface area contributed by atoms with E-state index in [4.69, 9.17) is 4.98 Å². The first-order valence-corrected chi connectivity index (χ1v) is 11.0. The molecule has 136 valence electrons. The highest BCUT2D eigenvalue weighted by atomic mass is 32.1. The summed E-state index contributed by atoms with van der Waals surface area (Å²) in [5.41, 5.74) is 2.82. The van der Waals surface area contributed by atoms with Crippen molar-refractivity contribution in [3.05, 3.63) is 54.1 Å². The number of fused-ring (bicyclic) bond motifs is 1. The molecule has 0 saturated heterocycles. The van der Waals surface area contributed by atoms with E-state index in [1.807, 2.05) is 30.3 Å². The number of Topliss-reactive ketones (excluding diaryl/α,β-unsaturated/α-hetero) is 1. The number of para-hydroxylation sites is 1. The third kappa shape index (κ3) is 2.44. The Bertz CT molecular complexity index is 1000. The molecule has 7 rings (SSSR count). The molecule has 3 heteroatoms. The smallest absolute Gasteiger partial charge is 0.171 e. The van der Waals surface area contributed by atoms with Crippen molar-refractivity contribution < 1.29 is 4.79 Å². The fraction of sp³-hybridized carbons (Fsp3) is 0.417. The molecule has 4 bridgehead atoms. The van der Waals surface area contributed by atoms with Crippen LogP contribution in [0.4, 0.5) is 0 Å². The van der Waals surface area contributed by atoms with E-state index in [2.05, 4.69) is 18.2 Å². The molecular weight excluding hydrogens is 350 g/mol. The van der Waals surface area contributed by atoms with E-state index >= 15 is 0 Å². The Labute approximate surface area is 163 Å².